The van der Waals surface area contributed by atoms with Gasteiger partial charge >= 0.3 is 7.82 Å². The summed E-state index contributed by atoms with van der Waals surface area (Å²) in [6.45, 7) is 6.28. The summed E-state index contributed by atoms with van der Waals surface area (Å²) in [4.78, 5) is 45.4. The molecule has 4 aliphatic carbocycles. The van der Waals surface area contributed by atoms with Crippen molar-refractivity contribution in [2.24, 2.45) is 22.7 Å². The molecule has 10 nitrogen and oxygen atoms in total. The fourth-order valence-electron chi connectivity index (χ4n) is 9.98. The van der Waals surface area contributed by atoms with Gasteiger partial charge in [-0.25, -0.2) is 13.3 Å². The SMILES string of the molecule is CC(C)Nc1cccc(Cc2ccc([C@@H]3O[C@@H]4C[C@H]5[C@@H]6C[C@H](F)C7=CC(=O)C=C[C@]7(C)[C@@]6(F)[C@@H](O)C[C@]5(C)[C@]4(C(=O)COP(=O)(O)O)O3)cc2)c1. The van der Waals surface area contributed by atoms with Crippen LogP contribution >= 0.6 is 7.82 Å². The maximum absolute atomic E-state index is 17.7. The van der Waals surface area contributed by atoms with Crippen LogP contribution in [0.5, 0.6) is 0 Å². The van der Waals surface area contributed by atoms with E-state index in [1.54, 1.807) is 6.92 Å². The summed E-state index contributed by atoms with van der Waals surface area (Å²) in [7, 11) is -5.08. The zero-order chi connectivity index (χ0) is 36.7. The van der Waals surface area contributed by atoms with Gasteiger partial charge in [-0.1, -0.05) is 49.4 Å². The van der Waals surface area contributed by atoms with Crippen molar-refractivity contribution in [3.63, 3.8) is 0 Å². The Hall–Kier alpha value is -3.09. The minimum absolute atomic E-state index is 0.0219. The van der Waals surface area contributed by atoms with Gasteiger partial charge in [0.05, 0.1) is 12.2 Å². The van der Waals surface area contributed by atoms with E-state index in [0.29, 0.717) is 12.0 Å². The van der Waals surface area contributed by atoms with Crippen molar-refractivity contribution in [1.82, 2.24) is 0 Å². The van der Waals surface area contributed by atoms with E-state index in [-0.39, 0.29) is 30.9 Å². The Bertz CT molecular complexity index is 1850. The number of allylic oxidation sites excluding steroid dienone is 4. The minimum Gasteiger partial charge on any atom is -0.390 e. The Kier molecular flexibility index (Phi) is 8.90. The van der Waals surface area contributed by atoms with Crippen LogP contribution in [0.4, 0.5) is 14.5 Å². The molecule has 1 heterocycles. The van der Waals surface area contributed by atoms with E-state index in [2.05, 4.69) is 29.8 Å². The number of phosphoric acid groups is 1. The summed E-state index contributed by atoms with van der Waals surface area (Å²) in [5.41, 5.74) is -3.59. The molecule has 7 rings (SSSR count). The summed E-state index contributed by atoms with van der Waals surface area (Å²) in [5.74, 6) is -3.14. The molecule has 1 saturated heterocycles. The quantitative estimate of drug-likeness (QED) is 0.232. The highest BCUT2D eigenvalue weighted by Crippen LogP contribution is 2.72. The number of anilines is 1. The van der Waals surface area contributed by atoms with Gasteiger partial charge in [0.1, 0.15) is 12.8 Å². The molecule has 0 amide bonds. The number of benzene rings is 2. The van der Waals surface area contributed by atoms with Gasteiger partial charge in [0.2, 0.25) is 0 Å². The number of rotatable bonds is 9. The van der Waals surface area contributed by atoms with Crippen LogP contribution < -0.4 is 5.32 Å². The smallest absolute Gasteiger partial charge is 0.390 e. The number of alkyl halides is 2. The maximum Gasteiger partial charge on any atom is 0.470 e. The topological polar surface area (TPSA) is 152 Å². The van der Waals surface area contributed by atoms with Crippen molar-refractivity contribution >= 4 is 25.1 Å². The molecule has 0 spiro atoms. The molecule has 0 bridgehead atoms. The number of hydrogen-bond acceptors (Lipinski definition) is 8. The number of fused-ring (bicyclic) bond motifs is 7. The van der Waals surface area contributed by atoms with Crippen LogP contribution in [-0.2, 0) is 34.6 Å². The molecule has 2 aromatic rings. The van der Waals surface area contributed by atoms with Gasteiger partial charge in [0, 0.05) is 34.0 Å². The molecule has 4 fully saturated rings. The molecule has 0 aromatic heterocycles. The first-order chi connectivity index (χ1) is 23.9. The molecule has 13 heteroatoms. The number of phosphoric ester groups is 1. The third-order valence-electron chi connectivity index (χ3n) is 12.2. The number of hydrogen-bond donors (Lipinski definition) is 4. The van der Waals surface area contributed by atoms with Crippen LogP contribution in [0.15, 0.2) is 72.3 Å². The fraction of sp³-hybridized carbons (Fsp3) is 0.526. The van der Waals surface area contributed by atoms with E-state index in [1.807, 2.05) is 42.5 Å². The van der Waals surface area contributed by atoms with E-state index < -0.39 is 84.6 Å². The maximum atomic E-state index is 17.7. The molecule has 51 heavy (non-hydrogen) atoms. The number of aliphatic hydroxyl groups excluding tert-OH is 1. The van der Waals surface area contributed by atoms with E-state index in [4.69, 9.17) is 9.47 Å². The predicted molar refractivity (Wildman–Crippen MR) is 183 cm³/mol. The second-order valence-electron chi connectivity index (χ2n) is 15.5. The molecular weight excluding hydrogens is 683 g/mol. The highest BCUT2D eigenvalue weighted by molar-refractivity contribution is 7.46. The molecule has 0 radical (unpaired) electrons. The Labute approximate surface area is 295 Å². The molecule has 274 valence electrons. The fourth-order valence-corrected chi connectivity index (χ4v) is 10.3. The Morgan fingerprint density at radius 3 is 2.51 bits per heavy atom. The van der Waals surface area contributed by atoms with Crippen molar-refractivity contribution in [3.8, 4) is 0 Å². The second kappa shape index (κ2) is 12.5. The number of carbonyl (C=O) groups is 2. The highest BCUT2D eigenvalue weighted by atomic mass is 31.2. The summed E-state index contributed by atoms with van der Waals surface area (Å²) < 4.78 is 63.1. The van der Waals surface area contributed by atoms with Gasteiger partial charge in [0.25, 0.3) is 0 Å². The number of ketones is 2. The largest absolute Gasteiger partial charge is 0.470 e. The first-order valence-electron chi connectivity index (χ1n) is 17.4. The summed E-state index contributed by atoms with van der Waals surface area (Å²) in [6, 6.07) is 15.9. The molecule has 1 aliphatic heterocycles. The Balaban J connectivity index is 1.20. The van der Waals surface area contributed by atoms with E-state index >= 15 is 8.78 Å². The lowest BCUT2D eigenvalue weighted by Gasteiger charge is -2.63. The lowest BCUT2D eigenvalue weighted by molar-refractivity contribution is -0.235. The summed E-state index contributed by atoms with van der Waals surface area (Å²) in [5, 5.41) is 15.2. The van der Waals surface area contributed by atoms with Crippen LogP contribution in [0, 0.1) is 22.7 Å². The number of carbonyl (C=O) groups excluding carboxylic acids is 2. The van der Waals surface area contributed by atoms with Crippen molar-refractivity contribution in [2.45, 2.75) is 95.4 Å². The van der Waals surface area contributed by atoms with Gasteiger partial charge in [-0.2, -0.15) is 0 Å². The molecular formula is C38H44F2NO9P. The van der Waals surface area contributed by atoms with Gasteiger partial charge in [-0.05, 0) is 93.4 Å². The van der Waals surface area contributed by atoms with Gasteiger partial charge in [0.15, 0.2) is 29.1 Å². The van der Waals surface area contributed by atoms with Gasteiger partial charge < -0.3 is 29.7 Å². The van der Waals surface area contributed by atoms with Crippen LogP contribution in [0.25, 0.3) is 0 Å². The molecule has 0 unspecified atom stereocenters. The van der Waals surface area contributed by atoms with Crippen LogP contribution in [0.1, 0.15) is 69.9 Å². The minimum atomic E-state index is -5.08. The summed E-state index contributed by atoms with van der Waals surface area (Å²) in [6.07, 6.45) is -1.79. The standard InChI is InChI=1S/C38H44F2NO9P/c1-21(2)41-25-7-5-6-23(15-25)14-22-8-10-24(11-9-22)34-49-33-18-27-28-17-30(39)29-16-26(42)12-13-35(29,3)37(28,40)31(43)19-36(27,4)38(33,50-34)32(44)20-48-51(45,46)47/h5-13,15-16,21,27-28,30-31,33-34,41,43H,14,17-20H2,1-4H3,(H2,45,46,47)/t27-,28-,30-,31-,33+,34+,35-,36-,37-,38+/m0/s1. The van der Waals surface area contributed by atoms with Crippen molar-refractivity contribution in [3.05, 3.63) is 89.0 Å². The van der Waals surface area contributed by atoms with E-state index in [9.17, 15) is 29.0 Å². The molecule has 4 N–H and O–H groups in total. The van der Waals surface area contributed by atoms with Gasteiger partial charge in [-0.15, -0.1) is 0 Å². The normalized spacial score (nSPS) is 38.5. The van der Waals surface area contributed by atoms with Crippen LogP contribution in [0.2, 0.25) is 0 Å². The lowest BCUT2D eigenvalue weighted by atomic mass is 9.44. The third-order valence-corrected chi connectivity index (χ3v) is 12.7. The lowest BCUT2D eigenvalue weighted by Crippen LogP contribution is -2.70. The first kappa shape index (κ1) is 36.3. The number of ether oxygens (including phenoxy) is 2. The number of aliphatic hydroxyl groups is 1. The molecule has 5 aliphatic rings. The number of halogens is 2. The van der Waals surface area contributed by atoms with E-state index in [0.717, 1.165) is 22.9 Å². The van der Waals surface area contributed by atoms with Gasteiger partial charge in [-0.3, -0.25) is 14.1 Å². The number of Topliss-reactive ketones (excluding diaryl/α,β-unsaturated/α-hetero) is 1. The van der Waals surface area contributed by atoms with Crippen molar-refractivity contribution in [1.29, 1.82) is 0 Å². The van der Waals surface area contributed by atoms with Crippen LogP contribution in [0.3, 0.4) is 0 Å². The monoisotopic (exact) mass is 727 g/mol. The van der Waals surface area contributed by atoms with Crippen molar-refractivity contribution < 1.29 is 51.8 Å². The molecule has 3 saturated carbocycles. The zero-order valence-electron chi connectivity index (χ0n) is 28.9. The van der Waals surface area contributed by atoms with E-state index in [1.165, 1.54) is 19.1 Å². The number of nitrogens with one attached hydrogen (secondary N) is 1. The van der Waals surface area contributed by atoms with Crippen molar-refractivity contribution in [2.75, 3.05) is 11.9 Å². The molecule has 10 atom stereocenters. The highest BCUT2D eigenvalue weighted by Gasteiger charge is 2.80. The zero-order valence-corrected chi connectivity index (χ0v) is 29.8. The van der Waals surface area contributed by atoms with Crippen LogP contribution in [-0.4, -0.2) is 68.8 Å². The average molecular weight is 728 g/mol. The Morgan fingerprint density at radius 1 is 1.10 bits per heavy atom. The Morgan fingerprint density at radius 2 is 1.82 bits per heavy atom. The average Bonchev–Trinajstić information content (AvgIpc) is 3.55. The predicted octanol–water partition coefficient (Wildman–Crippen LogP) is 5.86. The summed E-state index contributed by atoms with van der Waals surface area (Å²) >= 11 is 0. The molecule has 2 aromatic carbocycles. The second-order valence-corrected chi connectivity index (χ2v) is 16.7. The first-order valence-corrected chi connectivity index (χ1v) is 18.9. The third kappa shape index (κ3) is 5.69.